The van der Waals surface area contributed by atoms with Gasteiger partial charge in [-0.05, 0) is 61.4 Å². The van der Waals surface area contributed by atoms with E-state index in [0.29, 0.717) is 17.0 Å². The van der Waals surface area contributed by atoms with Crippen molar-refractivity contribution in [3.63, 3.8) is 0 Å². The molecule has 152 valence electrons. The third-order valence-corrected chi connectivity index (χ3v) is 6.94. The van der Waals surface area contributed by atoms with Gasteiger partial charge in [-0.1, -0.05) is 55.1 Å². The van der Waals surface area contributed by atoms with Crippen molar-refractivity contribution in [3.8, 4) is 0 Å². The molecule has 3 N–H and O–H groups in total. The standard InChI is InChI=1S/C24H28ClN3O/c25-18-12-10-17(11-13-18)24(27-20-8-4-5-9-21(20)28-24)22(16-6-2-1-3-7-16)23(29)26-19-14-15-19/h4-5,8-13,16,19,22,27-28H,1-3,6-7,14-15H2,(H,26,29). The Balaban J connectivity index is 1.60. The van der Waals surface area contributed by atoms with Crippen LogP contribution >= 0.6 is 11.6 Å². The molecule has 1 heterocycles. The summed E-state index contributed by atoms with van der Waals surface area (Å²) < 4.78 is 0. The van der Waals surface area contributed by atoms with E-state index in [-0.39, 0.29) is 11.8 Å². The summed E-state index contributed by atoms with van der Waals surface area (Å²) in [6.45, 7) is 0. The number of carbonyl (C=O) groups is 1. The maximum atomic E-state index is 13.7. The first-order chi connectivity index (χ1) is 14.2. The monoisotopic (exact) mass is 409 g/mol. The van der Waals surface area contributed by atoms with Crippen LogP contribution < -0.4 is 16.0 Å². The Morgan fingerprint density at radius 2 is 1.55 bits per heavy atom. The maximum Gasteiger partial charge on any atom is 0.228 e. The third kappa shape index (κ3) is 3.59. The van der Waals surface area contributed by atoms with Crippen molar-refractivity contribution < 1.29 is 4.79 Å². The molecule has 1 aliphatic heterocycles. The van der Waals surface area contributed by atoms with E-state index < -0.39 is 5.66 Å². The molecular formula is C24H28ClN3O. The van der Waals surface area contributed by atoms with Crippen LogP contribution in [0.1, 0.15) is 50.5 Å². The van der Waals surface area contributed by atoms with Crippen molar-refractivity contribution in [2.75, 3.05) is 10.6 Å². The second-order valence-electron chi connectivity index (χ2n) is 8.77. The molecule has 0 saturated heterocycles. The Hall–Kier alpha value is -2.20. The van der Waals surface area contributed by atoms with Gasteiger partial charge in [0.2, 0.25) is 5.91 Å². The number of hydrogen-bond acceptors (Lipinski definition) is 3. The van der Waals surface area contributed by atoms with E-state index in [2.05, 4.69) is 40.2 Å². The van der Waals surface area contributed by atoms with Crippen LogP contribution in [-0.2, 0) is 10.5 Å². The first-order valence-electron chi connectivity index (χ1n) is 10.9. The second kappa shape index (κ2) is 7.56. The highest BCUT2D eigenvalue weighted by molar-refractivity contribution is 6.30. The lowest BCUT2D eigenvalue weighted by molar-refractivity contribution is -0.129. The molecule has 5 rings (SSSR count). The fraction of sp³-hybridized carbons (Fsp3) is 0.458. The Morgan fingerprint density at radius 3 is 2.14 bits per heavy atom. The Bertz CT molecular complexity index is 862. The lowest BCUT2D eigenvalue weighted by atomic mass is 9.71. The molecule has 1 atom stereocenters. The zero-order valence-electron chi connectivity index (χ0n) is 16.6. The van der Waals surface area contributed by atoms with Crippen LogP contribution in [0, 0.1) is 11.8 Å². The van der Waals surface area contributed by atoms with Gasteiger partial charge < -0.3 is 16.0 Å². The zero-order chi connectivity index (χ0) is 19.8. The normalized spacial score (nSPS) is 21.6. The summed E-state index contributed by atoms with van der Waals surface area (Å²) in [6, 6.07) is 16.5. The lowest BCUT2D eigenvalue weighted by Gasteiger charge is -2.43. The summed E-state index contributed by atoms with van der Waals surface area (Å²) >= 11 is 6.20. The van der Waals surface area contributed by atoms with Crippen LogP contribution in [0.5, 0.6) is 0 Å². The molecule has 5 heteroatoms. The van der Waals surface area contributed by atoms with E-state index >= 15 is 0 Å². The number of fused-ring (bicyclic) bond motifs is 1. The first-order valence-corrected chi connectivity index (χ1v) is 11.3. The van der Waals surface area contributed by atoms with Crippen molar-refractivity contribution in [3.05, 3.63) is 59.1 Å². The van der Waals surface area contributed by atoms with Crippen LogP contribution in [0.25, 0.3) is 0 Å². The predicted octanol–water partition coefficient (Wildman–Crippen LogP) is 5.51. The van der Waals surface area contributed by atoms with E-state index in [4.69, 9.17) is 11.6 Å². The van der Waals surface area contributed by atoms with E-state index in [1.54, 1.807) is 0 Å². The van der Waals surface area contributed by atoms with E-state index in [9.17, 15) is 4.79 Å². The third-order valence-electron chi connectivity index (χ3n) is 6.68. The molecule has 1 unspecified atom stereocenters. The molecule has 0 radical (unpaired) electrons. The molecule has 4 nitrogen and oxygen atoms in total. The predicted molar refractivity (Wildman–Crippen MR) is 118 cm³/mol. The van der Waals surface area contributed by atoms with Crippen molar-refractivity contribution in [1.82, 2.24) is 5.32 Å². The molecule has 2 aliphatic carbocycles. The molecule has 2 saturated carbocycles. The Morgan fingerprint density at radius 1 is 0.931 bits per heavy atom. The summed E-state index contributed by atoms with van der Waals surface area (Å²) in [5.74, 6) is 0.312. The molecule has 0 bridgehead atoms. The highest BCUT2D eigenvalue weighted by Crippen LogP contribution is 2.49. The average molecular weight is 410 g/mol. The summed E-state index contributed by atoms with van der Waals surface area (Å²) in [4.78, 5) is 13.7. The molecule has 2 fully saturated rings. The quantitative estimate of drug-likeness (QED) is 0.610. The smallest absolute Gasteiger partial charge is 0.228 e. The van der Waals surface area contributed by atoms with Crippen LogP contribution in [0.15, 0.2) is 48.5 Å². The number of rotatable bonds is 5. The molecular weight excluding hydrogens is 382 g/mol. The van der Waals surface area contributed by atoms with E-state index in [0.717, 1.165) is 42.6 Å². The second-order valence-corrected chi connectivity index (χ2v) is 9.21. The summed E-state index contributed by atoms with van der Waals surface area (Å²) in [6.07, 6.45) is 8.04. The molecule has 2 aromatic carbocycles. The number of amides is 1. The van der Waals surface area contributed by atoms with Gasteiger partial charge in [0.05, 0.1) is 17.3 Å². The first kappa shape index (κ1) is 18.8. The minimum absolute atomic E-state index is 0.169. The number of para-hydroxylation sites is 2. The van der Waals surface area contributed by atoms with Gasteiger partial charge in [0.15, 0.2) is 0 Å². The zero-order valence-corrected chi connectivity index (χ0v) is 17.3. The largest absolute Gasteiger partial charge is 0.357 e. The topological polar surface area (TPSA) is 53.2 Å². The van der Waals surface area contributed by atoms with Gasteiger partial charge >= 0.3 is 0 Å². The van der Waals surface area contributed by atoms with E-state index in [1.165, 1.54) is 19.3 Å². The van der Waals surface area contributed by atoms with Gasteiger partial charge in [0, 0.05) is 11.1 Å². The number of halogens is 1. The average Bonchev–Trinajstić information content (AvgIpc) is 3.46. The van der Waals surface area contributed by atoms with Gasteiger partial charge in [0.1, 0.15) is 5.66 Å². The molecule has 1 amide bonds. The van der Waals surface area contributed by atoms with Gasteiger partial charge in [-0.25, -0.2) is 0 Å². The summed E-state index contributed by atoms with van der Waals surface area (Å²) in [5.41, 5.74) is 2.47. The highest BCUT2D eigenvalue weighted by Gasteiger charge is 2.52. The van der Waals surface area contributed by atoms with Gasteiger partial charge in [0.25, 0.3) is 0 Å². The minimum Gasteiger partial charge on any atom is -0.357 e. The SMILES string of the molecule is O=C(NC1CC1)C(C1CCCCC1)C1(c2ccc(Cl)cc2)Nc2ccccc2N1. The summed E-state index contributed by atoms with van der Waals surface area (Å²) in [7, 11) is 0. The maximum absolute atomic E-state index is 13.7. The highest BCUT2D eigenvalue weighted by atomic mass is 35.5. The summed E-state index contributed by atoms with van der Waals surface area (Å²) in [5, 5.41) is 11.5. The number of anilines is 2. The van der Waals surface area contributed by atoms with Crippen LogP contribution in [0.4, 0.5) is 11.4 Å². The van der Waals surface area contributed by atoms with Crippen molar-refractivity contribution in [2.24, 2.45) is 11.8 Å². The number of benzene rings is 2. The van der Waals surface area contributed by atoms with Gasteiger partial charge in [-0.2, -0.15) is 0 Å². The van der Waals surface area contributed by atoms with Crippen LogP contribution in [0.3, 0.4) is 0 Å². The van der Waals surface area contributed by atoms with Crippen LogP contribution in [-0.4, -0.2) is 11.9 Å². The number of nitrogens with one attached hydrogen (secondary N) is 3. The molecule has 2 aromatic rings. The Kier molecular flexibility index (Phi) is 4.91. The molecule has 3 aliphatic rings. The Labute approximate surface area is 177 Å². The van der Waals surface area contributed by atoms with Crippen molar-refractivity contribution in [2.45, 2.75) is 56.7 Å². The van der Waals surface area contributed by atoms with Crippen molar-refractivity contribution >= 4 is 28.9 Å². The fourth-order valence-electron chi connectivity index (χ4n) is 5.10. The molecule has 29 heavy (non-hydrogen) atoms. The van der Waals surface area contributed by atoms with Gasteiger partial charge in [-0.3, -0.25) is 4.79 Å². The van der Waals surface area contributed by atoms with Crippen LogP contribution in [0.2, 0.25) is 5.02 Å². The number of carbonyl (C=O) groups excluding carboxylic acids is 1. The minimum atomic E-state index is -0.671. The van der Waals surface area contributed by atoms with E-state index in [1.807, 2.05) is 24.3 Å². The molecule has 0 aromatic heterocycles. The number of hydrogen-bond donors (Lipinski definition) is 3. The van der Waals surface area contributed by atoms with Crippen molar-refractivity contribution in [1.29, 1.82) is 0 Å². The fourth-order valence-corrected chi connectivity index (χ4v) is 5.23. The lowest BCUT2D eigenvalue weighted by Crippen LogP contribution is -2.55. The molecule has 0 spiro atoms. The van der Waals surface area contributed by atoms with Gasteiger partial charge in [-0.15, -0.1) is 0 Å².